The molecule has 0 fully saturated rings. The van der Waals surface area contributed by atoms with E-state index in [0.717, 1.165) is 79.6 Å². The molecule has 0 radical (unpaired) electrons. The van der Waals surface area contributed by atoms with Gasteiger partial charge in [-0.25, -0.2) is 0 Å². The first-order valence-electron chi connectivity index (χ1n) is 34.3. The Kier molecular flexibility index (Phi) is 14.9. The molecule has 0 saturated heterocycles. The molecule has 8 heteroatoms. The summed E-state index contributed by atoms with van der Waals surface area (Å²) in [7, 11) is 0. The highest BCUT2D eigenvalue weighted by Crippen LogP contribution is 2.51. The van der Waals surface area contributed by atoms with Crippen LogP contribution >= 0.6 is 0 Å². The lowest BCUT2D eigenvalue weighted by Crippen LogP contribution is -2.65. The zero-order valence-electron chi connectivity index (χ0n) is 60.7. The van der Waals surface area contributed by atoms with Gasteiger partial charge in [-0.3, -0.25) is 0 Å². The van der Waals surface area contributed by atoms with Crippen molar-refractivity contribution in [1.82, 2.24) is 0 Å². The van der Waals surface area contributed by atoms with Crippen LogP contribution in [0.2, 0.25) is 0 Å². The molecule has 4 aliphatic heterocycles. The van der Waals surface area contributed by atoms with Crippen LogP contribution in [0, 0.1) is 0 Å². The summed E-state index contributed by atoms with van der Waals surface area (Å²) in [5.41, 5.74) is 22.6. The van der Waals surface area contributed by atoms with Gasteiger partial charge in [0, 0.05) is 69.9 Å². The summed E-state index contributed by atoms with van der Waals surface area (Å²) in [5, 5.41) is 0. The predicted octanol–water partition coefficient (Wildman–Crippen LogP) is 20.5. The third-order valence-electron chi connectivity index (χ3n) is 20.1. The van der Waals surface area contributed by atoms with E-state index in [0.29, 0.717) is 5.75 Å². The minimum absolute atomic E-state index is 0.00186. The minimum atomic E-state index is -0.279. The Morgan fingerprint density at radius 1 is 0.255 bits per heavy atom. The third-order valence-corrected chi connectivity index (χ3v) is 20.1. The fraction of sp³-hybridized carbons (Fsp3) is 0.372. The zero-order valence-corrected chi connectivity index (χ0v) is 60.7. The zero-order chi connectivity index (χ0) is 67.7. The molecule has 0 unspecified atom stereocenters. The number of ether oxygens (including phenoxy) is 4. The van der Waals surface area contributed by atoms with E-state index in [1.54, 1.807) is 0 Å². The number of anilines is 6. The smallest absolute Gasteiger partial charge is 0.261 e. The van der Waals surface area contributed by atoms with Crippen LogP contribution in [0.1, 0.15) is 211 Å². The molecule has 0 amide bonds. The van der Waals surface area contributed by atoms with E-state index < -0.39 is 0 Å². The highest BCUT2D eigenvalue weighted by atomic mass is 16.5. The molecule has 0 aliphatic carbocycles. The first kappa shape index (κ1) is 64.6. The standard InChI is InChI=1S/C86H98B2N2O4/c1-79(2,3)51-25-33-57(34-26-51)89-67-50-71-66(88-76-64(86(22,23)24)42-56(84(16,17)18)44-72(76)94-74-48-62(47-73(93-71)78(74)88)92-60-39-31-54(32-40-60)82(10,11)12)49-65(67)87-75-63(85(19,20)21)41-55(83(13,14)15)43-68(75)90(58-35-27-52(28-36-58)80(4,5)6)70-46-61(45-69(89)77(70)87)91-59-37-29-53(30-38-59)81(7,8)9/h25-50H,1-24H3. The molecule has 94 heavy (non-hydrogen) atoms. The molecule has 13 rings (SSSR count). The second kappa shape index (κ2) is 21.7. The monoisotopic (exact) mass is 1240 g/mol. The van der Waals surface area contributed by atoms with E-state index in [1.807, 2.05) is 0 Å². The number of hydrogen-bond donors (Lipinski definition) is 0. The lowest BCUT2D eigenvalue weighted by Gasteiger charge is -2.47. The summed E-state index contributed by atoms with van der Waals surface area (Å²) in [6.07, 6.45) is 0. The Morgan fingerprint density at radius 2 is 0.596 bits per heavy atom. The third kappa shape index (κ3) is 11.5. The summed E-state index contributed by atoms with van der Waals surface area (Å²) in [4.78, 5) is 5.08. The fourth-order valence-electron chi connectivity index (χ4n) is 14.5. The molecule has 0 atom stereocenters. The van der Waals surface area contributed by atoms with Gasteiger partial charge in [-0.15, -0.1) is 0 Å². The largest absolute Gasteiger partial charge is 0.458 e. The molecule has 4 heterocycles. The van der Waals surface area contributed by atoms with Crippen LogP contribution in [0.3, 0.4) is 0 Å². The number of nitrogens with zero attached hydrogens (tertiary/aromatic N) is 2. The summed E-state index contributed by atoms with van der Waals surface area (Å²) in [5.74, 6) is 6.04. The highest BCUT2D eigenvalue weighted by molar-refractivity contribution is 7.02. The van der Waals surface area contributed by atoms with Gasteiger partial charge in [-0.2, -0.15) is 0 Å². The van der Waals surface area contributed by atoms with Crippen molar-refractivity contribution < 1.29 is 18.9 Å². The van der Waals surface area contributed by atoms with Gasteiger partial charge in [0.1, 0.15) is 46.0 Å². The van der Waals surface area contributed by atoms with Gasteiger partial charge in [-0.1, -0.05) is 233 Å². The Balaban J connectivity index is 1.14. The maximum atomic E-state index is 7.62. The van der Waals surface area contributed by atoms with Crippen molar-refractivity contribution in [2.75, 3.05) is 9.80 Å². The van der Waals surface area contributed by atoms with E-state index in [2.05, 4.69) is 334 Å². The number of rotatable bonds is 6. The molecule has 4 aliphatic rings. The summed E-state index contributed by atoms with van der Waals surface area (Å²) < 4.78 is 29.2. The van der Waals surface area contributed by atoms with Crippen LogP contribution in [0.15, 0.2) is 158 Å². The molecular formula is C86H98B2N2O4. The quantitative estimate of drug-likeness (QED) is 0.155. The van der Waals surface area contributed by atoms with Gasteiger partial charge in [-0.05, 0) is 176 Å². The molecule has 0 bridgehead atoms. The van der Waals surface area contributed by atoms with Crippen LogP contribution in [0.25, 0.3) is 0 Å². The SMILES string of the molecule is CC(C)(C)c1ccc(Oc2cc3c4c(c2)Oc2cc(C(C)(C)C)cc(C(C)(C)C)c2B4c2cc4c(cc2O3)N(c2ccc(C(C)(C)C)cc2)c2cc(Oc3ccc(C(C)(C)C)cc3)cc3c2B4c2c(cc(C(C)(C)C)cc2C(C)(C)C)N3c2ccc(C(C)(C)C)cc2)cc1. The second-order valence-corrected chi connectivity index (χ2v) is 35.6. The molecule has 6 nitrogen and oxygen atoms in total. The van der Waals surface area contributed by atoms with Gasteiger partial charge in [0.2, 0.25) is 0 Å². The lowest BCUT2D eigenvalue weighted by atomic mass is 9.29. The van der Waals surface area contributed by atoms with E-state index in [1.165, 1.54) is 72.0 Å². The summed E-state index contributed by atoms with van der Waals surface area (Å²) in [6, 6.07) is 59.4. The Morgan fingerprint density at radius 3 is 1.01 bits per heavy atom. The van der Waals surface area contributed by atoms with E-state index in [4.69, 9.17) is 18.9 Å². The van der Waals surface area contributed by atoms with Crippen molar-refractivity contribution in [3.05, 3.63) is 202 Å². The number of hydrogen-bond acceptors (Lipinski definition) is 6. The van der Waals surface area contributed by atoms with Crippen LogP contribution in [0.4, 0.5) is 34.1 Å². The number of benzene rings is 9. The molecular weight excluding hydrogens is 1150 g/mol. The first-order valence-corrected chi connectivity index (χ1v) is 34.3. The second-order valence-electron chi connectivity index (χ2n) is 35.6. The van der Waals surface area contributed by atoms with Crippen molar-refractivity contribution in [3.8, 4) is 46.0 Å². The first-order chi connectivity index (χ1) is 43.6. The lowest BCUT2D eigenvalue weighted by molar-refractivity contribution is 0.440. The molecule has 9 aromatic rings. The Bertz CT molecular complexity index is 4480. The van der Waals surface area contributed by atoms with Crippen molar-refractivity contribution in [2.45, 2.75) is 209 Å². The minimum Gasteiger partial charge on any atom is -0.458 e. The van der Waals surface area contributed by atoms with Gasteiger partial charge in [0.05, 0.1) is 0 Å². The summed E-state index contributed by atoms with van der Waals surface area (Å²) >= 11 is 0. The van der Waals surface area contributed by atoms with Crippen molar-refractivity contribution in [3.63, 3.8) is 0 Å². The molecule has 0 saturated carbocycles. The van der Waals surface area contributed by atoms with Crippen molar-refractivity contribution >= 4 is 80.3 Å². The fourth-order valence-corrected chi connectivity index (χ4v) is 14.5. The van der Waals surface area contributed by atoms with Crippen LogP contribution < -0.4 is 61.5 Å². The predicted molar refractivity (Wildman–Crippen MR) is 401 cm³/mol. The average molecular weight is 1250 g/mol. The van der Waals surface area contributed by atoms with Crippen LogP contribution in [-0.4, -0.2) is 13.4 Å². The van der Waals surface area contributed by atoms with Crippen LogP contribution in [0.5, 0.6) is 46.0 Å². The van der Waals surface area contributed by atoms with E-state index >= 15 is 0 Å². The molecule has 0 N–H and O–H groups in total. The van der Waals surface area contributed by atoms with Gasteiger partial charge in [0.25, 0.3) is 13.4 Å². The van der Waals surface area contributed by atoms with Crippen molar-refractivity contribution in [1.29, 1.82) is 0 Å². The molecule has 9 aromatic carbocycles. The summed E-state index contributed by atoms with van der Waals surface area (Å²) in [6.45, 7) is 55.0. The maximum Gasteiger partial charge on any atom is 0.261 e. The average Bonchev–Trinajstić information content (AvgIpc) is 0.686. The van der Waals surface area contributed by atoms with Gasteiger partial charge in [0.15, 0.2) is 0 Å². The highest BCUT2D eigenvalue weighted by Gasteiger charge is 2.50. The Labute approximate surface area is 563 Å². The number of fused-ring (bicyclic) bond motifs is 8. The van der Waals surface area contributed by atoms with Crippen molar-refractivity contribution in [2.24, 2.45) is 0 Å². The molecule has 0 aromatic heterocycles. The Hall–Kier alpha value is -8.09. The maximum absolute atomic E-state index is 7.62. The van der Waals surface area contributed by atoms with E-state index in [9.17, 15) is 0 Å². The van der Waals surface area contributed by atoms with E-state index in [-0.39, 0.29) is 56.7 Å². The van der Waals surface area contributed by atoms with Gasteiger partial charge < -0.3 is 28.7 Å². The van der Waals surface area contributed by atoms with Gasteiger partial charge >= 0.3 is 0 Å². The normalized spacial score (nSPS) is 14.5. The molecule has 0 spiro atoms. The topological polar surface area (TPSA) is 43.4 Å². The molecule has 482 valence electrons. The van der Waals surface area contributed by atoms with Crippen LogP contribution in [-0.2, 0) is 43.3 Å².